The molecule has 1 aliphatic heterocycles. The molecule has 21 heavy (non-hydrogen) atoms. The molecule has 0 aliphatic carbocycles. The Labute approximate surface area is 129 Å². The first kappa shape index (κ1) is 18.4. The average Bonchev–Trinajstić information content (AvgIpc) is 2.24. The van der Waals surface area contributed by atoms with Gasteiger partial charge in [-0.1, -0.05) is 13.8 Å². The normalized spacial score (nSPS) is 25.1. The Morgan fingerprint density at radius 1 is 1.24 bits per heavy atom. The zero-order valence-corrected chi connectivity index (χ0v) is 14.8. The van der Waals surface area contributed by atoms with Crippen molar-refractivity contribution < 1.29 is 13.2 Å². The fourth-order valence-corrected chi connectivity index (χ4v) is 4.29. The highest BCUT2D eigenvalue weighted by Gasteiger charge is 2.34. The van der Waals surface area contributed by atoms with Crippen molar-refractivity contribution in [1.82, 2.24) is 13.9 Å². The van der Waals surface area contributed by atoms with Crippen molar-refractivity contribution in [2.24, 2.45) is 11.8 Å². The van der Waals surface area contributed by atoms with Crippen LogP contribution in [0.15, 0.2) is 0 Å². The molecule has 1 N–H and O–H groups in total. The molecule has 7 heteroatoms. The number of hydrogen-bond donors (Lipinski definition) is 1. The lowest BCUT2D eigenvalue weighted by Crippen LogP contribution is -2.52. The van der Waals surface area contributed by atoms with Crippen LogP contribution in [0, 0.1) is 11.8 Å². The minimum atomic E-state index is -3.57. The number of carbonyl (C=O) groups is 1. The standard InChI is InChI=1S/C14H29N3O3S/c1-11-7-12(2)9-17(8-11)21(19,20)16(6)10-13(18)15-14(3,4)5/h11-12H,7-10H2,1-6H3,(H,15,18)/t11-,12+. The molecule has 6 nitrogen and oxygen atoms in total. The zero-order chi connectivity index (χ0) is 16.4. The van der Waals surface area contributed by atoms with Crippen LogP contribution >= 0.6 is 0 Å². The van der Waals surface area contributed by atoms with Gasteiger partial charge in [0.2, 0.25) is 5.91 Å². The molecule has 0 saturated carbocycles. The molecule has 1 heterocycles. The molecular formula is C14H29N3O3S. The van der Waals surface area contributed by atoms with E-state index in [0.717, 1.165) is 10.7 Å². The minimum Gasteiger partial charge on any atom is -0.350 e. The Morgan fingerprint density at radius 2 is 1.71 bits per heavy atom. The van der Waals surface area contributed by atoms with Crippen LogP contribution in [0.25, 0.3) is 0 Å². The molecule has 2 atom stereocenters. The van der Waals surface area contributed by atoms with Crippen molar-refractivity contribution in [2.45, 2.75) is 46.6 Å². The van der Waals surface area contributed by atoms with Gasteiger partial charge in [-0.15, -0.1) is 0 Å². The van der Waals surface area contributed by atoms with Gasteiger partial charge in [0.1, 0.15) is 0 Å². The highest BCUT2D eigenvalue weighted by Crippen LogP contribution is 2.24. The fourth-order valence-electron chi connectivity index (χ4n) is 2.73. The van der Waals surface area contributed by atoms with Gasteiger partial charge in [-0.25, -0.2) is 0 Å². The molecule has 0 aromatic carbocycles. The summed E-state index contributed by atoms with van der Waals surface area (Å²) in [6.07, 6.45) is 1.04. The monoisotopic (exact) mass is 319 g/mol. The lowest BCUT2D eigenvalue weighted by atomic mass is 9.94. The Morgan fingerprint density at radius 3 is 2.14 bits per heavy atom. The van der Waals surface area contributed by atoms with E-state index < -0.39 is 10.2 Å². The van der Waals surface area contributed by atoms with Crippen molar-refractivity contribution in [2.75, 3.05) is 26.7 Å². The van der Waals surface area contributed by atoms with Gasteiger partial charge in [-0.2, -0.15) is 17.0 Å². The van der Waals surface area contributed by atoms with Crippen LogP contribution in [0.2, 0.25) is 0 Å². The molecule has 1 saturated heterocycles. The van der Waals surface area contributed by atoms with Gasteiger partial charge in [-0.05, 0) is 39.0 Å². The van der Waals surface area contributed by atoms with Gasteiger partial charge >= 0.3 is 0 Å². The van der Waals surface area contributed by atoms with E-state index in [9.17, 15) is 13.2 Å². The van der Waals surface area contributed by atoms with Crippen molar-refractivity contribution in [3.05, 3.63) is 0 Å². The topological polar surface area (TPSA) is 69.7 Å². The zero-order valence-electron chi connectivity index (χ0n) is 14.0. The first-order valence-electron chi connectivity index (χ1n) is 7.44. The maximum Gasteiger partial charge on any atom is 0.282 e. The maximum atomic E-state index is 12.5. The maximum absolute atomic E-state index is 12.5. The predicted octanol–water partition coefficient (Wildman–Crippen LogP) is 1.06. The number of likely N-dealkylation sites (N-methyl/N-ethyl adjacent to an activating group) is 1. The molecule has 0 bridgehead atoms. The number of hydrogen-bond acceptors (Lipinski definition) is 3. The molecule has 1 rings (SSSR count). The molecule has 1 fully saturated rings. The summed E-state index contributed by atoms with van der Waals surface area (Å²) in [5.74, 6) is 0.410. The molecule has 0 radical (unpaired) electrons. The average molecular weight is 319 g/mol. The number of nitrogens with one attached hydrogen (secondary N) is 1. The Bertz CT molecular complexity index is 460. The number of nitrogens with zero attached hydrogens (tertiary/aromatic N) is 2. The smallest absolute Gasteiger partial charge is 0.282 e. The van der Waals surface area contributed by atoms with Gasteiger partial charge < -0.3 is 5.32 Å². The molecule has 0 aromatic heterocycles. The second kappa shape index (κ2) is 6.62. The molecular weight excluding hydrogens is 290 g/mol. The lowest BCUT2D eigenvalue weighted by Gasteiger charge is -2.36. The summed E-state index contributed by atoms with van der Waals surface area (Å²) >= 11 is 0. The molecule has 0 unspecified atom stereocenters. The third-order valence-corrected chi connectivity index (χ3v) is 5.30. The van der Waals surface area contributed by atoms with Crippen molar-refractivity contribution in [3.8, 4) is 0 Å². The quantitative estimate of drug-likeness (QED) is 0.842. The first-order chi connectivity index (χ1) is 9.41. The Hall–Kier alpha value is -0.660. The van der Waals surface area contributed by atoms with Gasteiger partial charge in [-0.3, -0.25) is 4.79 Å². The Balaban J connectivity index is 2.71. The third kappa shape index (κ3) is 5.56. The van der Waals surface area contributed by atoms with E-state index in [0.29, 0.717) is 24.9 Å². The second-order valence-electron chi connectivity index (χ2n) is 7.33. The van der Waals surface area contributed by atoms with E-state index in [2.05, 4.69) is 19.2 Å². The van der Waals surface area contributed by atoms with Crippen molar-refractivity contribution in [1.29, 1.82) is 0 Å². The van der Waals surface area contributed by atoms with Crippen molar-refractivity contribution in [3.63, 3.8) is 0 Å². The number of rotatable bonds is 4. The molecule has 0 aromatic rings. The third-order valence-electron chi connectivity index (χ3n) is 3.44. The van der Waals surface area contributed by atoms with E-state index in [4.69, 9.17) is 0 Å². The second-order valence-corrected chi connectivity index (χ2v) is 9.36. The highest BCUT2D eigenvalue weighted by molar-refractivity contribution is 7.86. The SMILES string of the molecule is C[C@@H]1C[C@H](C)CN(S(=O)(=O)N(C)CC(=O)NC(C)(C)C)C1. The molecule has 1 amide bonds. The number of carbonyl (C=O) groups excluding carboxylic acids is 1. The summed E-state index contributed by atoms with van der Waals surface area (Å²) < 4.78 is 27.7. The van der Waals surface area contributed by atoms with E-state index in [1.807, 2.05) is 20.8 Å². The van der Waals surface area contributed by atoms with Crippen molar-refractivity contribution >= 4 is 16.1 Å². The van der Waals surface area contributed by atoms with Crippen LogP contribution in [-0.4, -0.2) is 55.2 Å². The van der Waals surface area contributed by atoms with Crippen LogP contribution < -0.4 is 5.32 Å². The van der Waals surface area contributed by atoms with Crippen LogP contribution in [0.4, 0.5) is 0 Å². The van der Waals surface area contributed by atoms with Crippen LogP contribution in [0.3, 0.4) is 0 Å². The van der Waals surface area contributed by atoms with Crippen LogP contribution in [0.5, 0.6) is 0 Å². The van der Waals surface area contributed by atoms with E-state index in [-0.39, 0.29) is 18.0 Å². The number of amides is 1. The predicted molar refractivity (Wildman–Crippen MR) is 84.0 cm³/mol. The summed E-state index contributed by atoms with van der Waals surface area (Å²) in [4.78, 5) is 11.9. The van der Waals surface area contributed by atoms with Gasteiger partial charge in [0.05, 0.1) is 6.54 Å². The Kier molecular flexibility index (Phi) is 5.80. The molecule has 1 aliphatic rings. The summed E-state index contributed by atoms with van der Waals surface area (Å²) in [5, 5.41) is 2.78. The van der Waals surface area contributed by atoms with Gasteiger partial charge in [0, 0.05) is 25.7 Å². The lowest BCUT2D eigenvalue weighted by molar-refractivity contribution is -0.122. The van der Waals surface area contributed by atoms with E-state index >= 15 is 0 Å². The van der Waals surface area contributed by atoms with E-state index in [1.165, 1.54) is 11.4 Å². The summed E-state index contributed by atoms with van der Waals surface area (Å²) in [6, 6.07) is 0. The summed E-state index contributed by atoms with van der Waals surface area (Å²) in [5.41, 5.74) is -0.365. The van der Waals surface area contributed by atoms with E-state index in [1.54, 1.807) is 0 Å². The van der Waals surface area contributed by atoms with Gasteiger partial charge in [0.25, 0.3) is 10.2 Å². The highest BCUT2D eigenvalue weighted by atomic mass is 32.2. The minimum absolute atomic E-state index is 0.154. The number of piperidine rings is 1. The summed E-state index contributed by atoms with van der Waals surface area (Å²) in [7, 11) is -2.11. The first-order valence-corrected chi connectivity index (χ1v) is 8.84. The summed E-state index contributed by atoms with van der Waals surface area (Å²) in [6.45, 7) is 10.6. The van der Waals surface area contributed by atoms with Crippen LogP contribution in [0.1, 0.15) is 41.0 Å². The van der Waals surface area contributed by atoms with Gasteiger partial charge in [0.15, 0.2) is 0 Å². The molecule has 124 valence electrons. The largest absolute Gasteiger partial charge is 0.350 e. The molecule has 0 spiro atoms. The van der Waals surface area contributed by atoms with Crippen LogP contribution in [-0.2, 0) is 15.0 Å². The fraction of sp³-hybridized carbons (Fsp3) is 0.929.